The standard InChI is InChI=1S/C9H7BrF2O/c10-5-7(13)3-6-1-2-8(11)9(12)4-6/h1-2,4H,3,5H2. The number of rotatable bonds is 3. The first kappa shape index (κ1) is 10.3. The van der Waals surface area contributed by atoms with Crippen LogP contribution in [-0.2, 0) is 11.2 Å². The Hall–Kier alpha value is -0.770. The fourth-order valence-corrected chi connectivity index (χ4v) is 1.12. The van der Waals surface area contributed by atoms with Crippen molar-refractivity contribution < 1.29 is 13.6 Å². The third-order valence-corrected chi connectivity index (χ3v) is 2.16. The summed E-state index contributed by atoms with van der Waals surface area (Å²) in [7, 11) is 0. The lowest BCUT2D eigenvalue weighted by Crippen LogP contribution is -2.03. The highest BCUT2D eigenvalue weighted by Crippen LogP contribution is 2.09. The Morgan fingerprint density at radius 3 is 2.54 bits per heavy atom. The van der Waals surface area contributed by atoms with Gasteiger partial charge in [-0.25, -0.2) is 8.78 Å². The molecule has 0 atom stereocenters. The van der Waals surface area contributed by atoms with Gasteiger partial charge in [0.1, 0.15) is 5.78 Å². The average molecular weight is 249 g/mol. The van der Waals surface area contributed by atoms with Gasteiger partial charge in [-0.15, -0.1) is 0 Å². The summed E-state index contributed by atoms with van der Waals surface area (Å²) in [5.74, 6) is -1.87. The number of hydrogen-bond donors (Lipinski definition) is 0. The van der Waals surface area contributed by atoms with Crippen LogP contribution in [0.15, 0.2) is 18.2 Å². The highest BCUT2D eigenvalue weighted by Gasteiger charge is 2.05. The second-order valence-electron chi connectivity index (χ2n) is 2.60. The lowest BCUT2D eigenvalue weighted by molar-refractivity contribution is -0.115. The van der Waals surface area contributed by atoms with Crippen LogP contribution in [0, 0.1) is 11.6 Å². The molecule has 4 heteroatoms. The minimum atomic E-state index is -0.917. The molecule has 13 heavy (non-hydrogen) atoms. The number of Topliss-reactive ketones (excluding diaryl/α,β-unsaturated/α-hetero) is 1. The van der Waals surface area contributed by atoms with Gasteiger partial charge in [0, 0.05) is 6.42 Å². The fourth-order valence-electron chi connectivity index (χ4n) is 0.925. The summed E-state index contributed by atoms with van der Waals surface area (Å²) in [6.45, 7) is 0. The lowest BCUT2D eigenvalue weighted by atomic mass is 10.1. The number of hydrogen-bond acceptors (Lipinski definition) is 1. The van der Waals surface area contributed by atoms with Crippen molar-refractivity contribution in [1.82, 2.24) is 0 Å². The van der Waals surface area contributed by atoms with E-state index in [4.69, 9.17) is 0 Å². The Morgan fingerprint density at radius 2 is 2.00 bits per heavy atom. The molecule has 1 rings (SSSR count). The third-order valence-electron chi connectivity index (χ3n) is 1.53. The molecule has 0 fully saturated rings. The van der Waals surface area contributed by atoms with Crippen LogP contribution < -0.4 is 0 Å². The number of benzene rings is 1. The lowest BCUT2D eigenvalue weighted by Gasteiger charge is -1.99. The molecule has 0 bridgehead atoms. The monoisotopic (exact) mass is 248 g/mol. The highest BCUT2D eigenvalue weighted by molar-refractivity contribution is 9.09. The molecule has 0 saturated carbocycles. The zero-order chi connectivity index (χ0) is 9.84. The van der Waals surface area contributed by atoms with Gasteiger partial charge in [-0.2, -0.15) is 0 Å². The van der Waals surface area contributed by atoms with E-state index in [1.807, 2.05) is 0 Å². The second-order valence-corrected chi connectivity index (χ2v) is 3.16. The smallest absolute Gasteiger partial charge is 0.159 e. The van der Waals surface area contributed by atoms with Crippen LogP contribution in [0.2, 0.25) is 0 Å². The van der Waals surface area contributed by atoms with Crippen LogP contribution in [0.25, 0.3) is 0 Å². The van der Waals surface area contributed by atoms with Crippen molar-refractivity contribution in [1.29, 1.82) is 0 Å². The van der Waals surface area contributed by atoms with Gasteiger partial charge >= 0.3 is 0 Å². The number of carbonyl (C=O) groups is 1. The van der Waals surface area contributed by atoms with Crippen LogP contribution in [0.1, 0.15) is 5.56 Å². The molecule has 0 heterocycles. The van der Waals surface area contributed by atoms with Gasteiger partial charge < -0.3 is 0 Å². The Labute approximate surface area is 82.9 Å². The maximum atomic E-state index is 12.6. The van der Waals surface area contributed by atoms with Crippen molar-refractivity contribution in [3.8, 4) is 0 Å². The van der Waals surface area contributed by atoms with E-state index < -0.39 is 11.6 Å². The van der Waals surface area contributed by atoms with Gasteiger partial charge in [-0.3, -0.25) is 4.79 Å². The van der Waals surface area contributed by atoms with E-state index in [9.17, 15) is 13.6 Å². The van der Waals surface area contributed by atoms with Gasteiger partial charge in [0.05, 0.1) is 5.33 Å². The van der Waals surface area contributed by atoms with E-state index >= 15 is 0 Å². The molecule has 0 aliphatic heterocycles. The van der Waals surface area contributed by atoms with Crippen LogP contribution in [0.4, 0.5) is 8.78 Å². The zero-order valence-corrected chi connectivity index (χ0v) is 8.27. The van der Waals surface area contributed by atoms with E-state index in [0.717, 1.165) is 12.1 Å². The van der Waals surface area contributed by atoms with Crippen molar-refractivity contribution >= 4 is 21.7 Å². The molecule has 1 nitrogen and oxygen atoms in total. The molecule has 70 valence electrons. The van der Waals surface area contributed by atoms with E-state index in [1.165, 1.54) is 6.07 Å². The average Bonchev–Trinajstić information content (AvgIpc) is 2.11. The number of carbonyl (C=O) groups excluding carboxylic acids is 1. The Balaban J connectivity index is 2.79. The molecule has 0 aliphatic carbocycles. The quantitative estimate of drug-likeness (QED) is 0.752. The summed E-state index contributed by atoms with van der Waals surface area (Å²) in [6, 6.07) is 3.46. The molecule has 0 radical (unpaired) electrons. The summed E-state index contributed by atoms with van der Waals surface area (Å²) < 4.78 is 25.1. The summed E-state index contributed by atoms with van der Waals surface area (Å²) in [4.78, 5) is 10.9. The van der Waals surface area contributed by atoms with Crippen molar-refractivity contribution in [2.45, 2.75) is 6.42 Å². The topological polar surface area (TPSA) is 17.1 Å². The molecule has 0 amide bonds. The third kappa shape index (κ3) is 2.88. The molecule has 1 aromatic carbocycles. The first-order chi connectivity index (χ1) is 6.13. The SMILES string of the molecule is O=C(CBr)Cc1ccc(F)c(F)c1. The van der Waals surface area contributed by atoms with Crippen molar-refractivity contribution in [3.63, 3.8) is 0 Å². The molecular formula is C9H7BrF2O. The van der Waals surface area contributed by atoms with Gasteiger partial charge in [0.15, 0.2) is 11.6 Å². The minimum absolute atomic E-state index is 0.0639. The van der Waals surface area contributed by atoms with Crippen molar-refractivity contribution in [3.05, 3.63) is 35.4 Å². The zero-order valence-electron chi connectivity index (χ0n) is 6.69. The Kier molecular flexibility index (Phi) is 3.54. The first-order valence-corrected chi connectivity index (χ1v) is 4.77. The first-order valence-electron chi connectivity index (χ1n) is 3.65. The molecule has 0 N–H and O–H groups in total. The molecule has 0 spiro atoms. The number of alkyl halides is 1. The number of ketones is 1. The Bertz CT molecular complexity index is 325. The van der Waals surface area contributed by atoms with Gasteiger partial charge in [0.2, 0.25) is 0 Å². The Morgan fingerprint density at radius 1 is 1.31 bits per heavy atom. The van der Waals surface area contributed by atoms with Crippen LogP contribution in [0.5, 0.6) is 0 Å². The van der Waals surface area contributed by atoms with Crippen molar-refractivity contribution in [2.75, 3.05) is 5.33 Å². The summed E-state index contributed by atoms with van der Waals surface area (Å²) in [6.07, 6.45) is 0.127. The number of halogens is 3. The maximum absolute atomic E-state index is 12.6. The van der Waals surface area contributed by atoms with Crippen molar-refractivity contribution in [2.24, 2.45) is 0 Å². The minimum Gasteiger partial charge on any atom is -0.298 e. The summed E-state index contributed by atoms with van der Waals surface area (Å²) in [5.41, 5.74) is 0.489. The predicted octanol–water partition coefficient (Wildman–Crippen LogP) is 2.47. The highest BCUT2D eigenvalue weighted by atomic mass is 79.9. The normalized spacial score (nSPS) is 10.1. The van der Waals surface area contributed by atoms with E-state index in [0.29, 0.717) is 5.56 Å². The predicted molar refractivity (Wildman–Crippen MR) is 48.9 cm³/mol. The second kappa shape index (κ2) is 4.46. The maximum Gasteiger partial charge on any atom is 0.159 e. The summed E-state index contributed by atoms with van der Waals surface area (Å²) in [5, 5.41) is 0.228. The van der Waals surface area contributed by atoms with Gasteiger partial charge in [0.25, 0.3) is 0 Å². The fraction of sp³-hybridized carbons (Fsp3) is 0.222. The van der Waals surface area contributed by atoms with Crippen LogP contribution in [-0.4, -0.2) is 11.1 Å². The van der Waals surface area contributed by atoms with E-state index in [-0.39, 0.29) is 17.5 Å². The van der Waals surface area contributed by atoms with E-state index in [1.54, 1.807) is 0 Å². The van der Waals surface area contributed by atoms with Gasteiger partial charge in [-0.05, 0) is 17.7 Å². The molecule has 0 saturated heterocycles. The van der Waals surface area contributed by atoms with Crippen LogP contribution >= 0.6 is 15.9 Å². The largest absolute Gasteiger partial charge is 0.298 e. The van der Waals surface area contributed by atoms with Crippen LogP contribution in [0.3, 0.4) is 0 Å². The van der Waals surface area contributed by atoms with Gasteiger partial charge in [-0.1, -0.05) is 22.0 Å². The van der Waals surface area contributed by atoms with E-state index in [2.05, 4.69) is 15.9 Å². The molecule has 1 aromatic rings. The molecule has 0 aromatic heterocycles. The summed E-state index contributed by atoms with van der Waals surface area (Å²) >= 11 is 2.99. The molecule has 0 aliphatic rings. The molecule has 0 unspecified atom stereocenters. The molecular weight excluding hydrogens is 242 g/mol.